The number of carboxylic acid groups (broad SMARTS) is 1. The first-order chi connectivity index (χ1) is 5.66. The van der Waals surface area contributed by atoms with Crippen molar-refractivity contribution in [2.24, 2.45) is 0 Å². The lowest BCUT2D eigenvalue weighted by Crippen LogP contribution is -2.38. The number of aliphatic carboxylic acids is 1. The van der Waals surface area contributed by atoms with Crippen LogP contribution in [-0.4, -0.2) is 41.9 Å². The highest BCUT2D eigenvalue weighted by molar-refractivity contribution is 5.79. The summed E-state index contributed by atoms with van der Waals surface area (Å²) < 4.78 is 0. The molecule has 0 saturated heterocycles. The summed E-state index contributed by atoms with van der Waals surface area (Å²) in [6.07, 6.45) is 0.459. The zero-order valence-corrected chi connectivity index (χ0v) is 6.54. The van der Waals surface area contributed by atoms with Gasteiger partial charge in [0.15, 0.2) is 0 Å². The highest BCUT2D eigenvalue weighted by atomic mass is 16.4. The molecular formula is C6H12N2O4. The van der Waals surface area contributed by atoms with E-state index in [9.17, 15) is 9.59 Å². The number of amides is 2. The monoisotopic (exact) mass is 176 g/mol. The van der Waals surface area contributed by atoms with Crippen LogP contribution in [0.5, 0.6) is 0 Å². The Balaban J connectivity index is 3.28. The van der Waals surface area contributed by atoms with E-state index in [1.807, 2.05) is 0 Å². The van der Waals surface area contributed by atoms with E-state index in [1.165, 1.54) is 0 Å². The molecule has 0 unspecified atom stereocenters. The molecule has 0 aromatic rings. The Morgan fingerprint density at radius 3 is 2.42 bits per heavy atom. The summed E-state index contributed by atoms with van der Waals surface area (Å²) in [7, 11) is 0. The van der Waals surface area contributed by atoms with Crippen LogP contribution in [0.3, 0.4) is 0 Å². The van der Waals surface area contributed by atoms with Crippen molar-refractivity contribution in [3.63, 3.8) is 0 Å². The second-order valence-corrected chi connectivity index (χ2v) is 2.08. The molecule has 0 radical (unpaired) electrons. The third-order valence-electron chi connectivity index (χ3n) is 1.02. The van der Waals surface area contributed by atoms with Gasteiger partial charge in [-0.05, 0) is 6.42 Å². The minimum atomic E-state index is -1.09. The molecule has 0 heterocycles. The first kappa shape index (κ1) is 10.7. The van der Waals surface area contributed by atoms with E-state index >= 15 is 0 Å². The summed E-state index contributed by atoms with van der Waals surface area (Å²) in [5, 5.41) is 21.0. The molecule has 0 rings (SSSR count). The fraction of sp³-hybridized carbons (Fsp3) is 0.667. The van der Waals surface area contributed by atoms with Gasteiger partial charge in [0.1, 0.15) is 6.54 Å². The van der Waals surface area contributed by atoms with Crippen LogP contribution in [0.2, 0.25) is 0 Å². The molecule has 6 nitrogen and oxygen atoms in total. The number of aliphatic hydroxyl groups is 1. The number of carbonyl (C=O) groups excluding carboxylic acids is 1. The molecule has 0 fully saturated rings. The highest BCUT2D eigenvalue weighted by Crippen LogP contribution is 1.72. The predicted octanol–water partition coefficient (Wildman–Crippen LogP) is -1.25. The van der Waals surface area contributed by atoms with Crippen LogP contribution < -0.4 is 10.6 Å². The normalized spacial score (nSPS) is 9.08. The van der Waals surface area contributed by atoms with Gasteiger partial charge in [-0.2, -0.15) is 0 Å². The van der Waals surface area contributed by atoms with Crippen molar-refractivity contribution in [1.82, 2.24) is 10.6 Å². The van der Waals surface area contributed by atoms with Crippen LogP contribution in [0, 0.1) is 0 Å². The third-order valence-corrected chi connectivity index (χ3v) is 1.02. The van der Waals surface area contributed by atoms with Crippen molar-refractivity contribution in [2.45, 2.75) is 6.42 Å². The molecule has 12 heavy (non-hydrogen) atoms. The van der Waals surface area contributed by atoms with E-state index in [2.05, 4.69) is 10.6 Å². The Labute approximate surface area is 69.6 Å². The second-order valence-electron chi connectivity index (χ2n) is 2.08. The van der Waals surface area contributed by atoms with Crippen molar-refractivity contribution >= 4 is 12.0 Å². The maximum absolute atomic E-state index is 10.7. The first-order valence-corrected chi connectivity index (χ1v) is 3.51. The van der Waals surface area contributed by atoms with E-state index in [0.29, 0.717) is 13.0 Å². The Hall–Kier alpha value is -1.30. The van der Waals surface area contributed by atoms with Gasteiger partial charge in [-0.1, -0.05) is 0 Å². The fourth-order valence-corrected chi connectivity index (χ4v) is 0.499. The maximum atomic E-state index is 10.7. The number of carboxylic acids is 1. The van der Waals surface area contributed by atoms with Gasteiger partial charge in [-0.25, -0.2) is 4.79 Å². The van der Waals surface area contributed by atoms with Crippen LogP contribution in [0.25, 0.3) is 0 Å². The molecule has 0 aliphatic carbocycles. The lowest BCUT2D eigenvalue weighted by Gasteiger charge is -2.03. The Kier molecular flexibility index (Phi) is 5.72. The summed E-state index contributed by atoms with van der Waals surface area (Å²) in [6, 6.07) is -0.536. The summed E-state index contributed by atoms with van der Waals surface area (Å²) in [6.45, 7) is -0.0634. The van der Waals surface area contributed by atoms with Crippen molar-refractivity contribution in [2.75, 3.05) is 19.7 Å². The zero-order chi connectivity index (χ0) is 9.40. The fourth-order valence-electron chi connectivity index (χ4n) is 0.499. The van der Waals surface area contributed by atoms with Crippen LogP contribution in [0.4, 0.5) is 4.79 Å². The minimum Gasteiger partial charge on any atom is -0.480 e. The minimum absolute atomic E-state index is 0.000783. The smallest absolute Gasteiger partial charge is 0.323 e. The zero-order valence-electron chi connectivity index (χ0n) is 6.54. The molecule has 0 aliphatic heterocycles. The average molecular weight is 176 g/mol. The quantitative estimate of drug-likeness (QED) is 0.393. The van der Waals surface area contributed by atoms with E-state index < -0.39 is 18.5 Å². The molecule has 2 amide bonds. The van der Waals surface area contributed by atoms with Gasteiger partial charge in [-0.15, -0.1) is 0 Å². The molecule has 4 N–H and O–H groups in total. The molecule has 0 atom stereocenters. The maximum Gasteiger partial charge on any atom is 0.323 e. The van der Waals surface area contributed by atoms with Crippen molar-refractivity contribution in [1.29, 1.82) is 0 Å². The van der Waals surface area contributed by atoms with Crippen LogP contribution in [0.15, 0.2) is 0 Å². The van der Waals surface area contributed by atoms with Gasteiger partial charge in [0, 0.05) is 13.2 Å². The third kappa shape index (κ3) is 6.81. The number of hydrogen-bond donors (Lipinski definition) is 4. The lowest BCUT2D eigenvalue weighted by molar-refractivity contribution is -0.135. The topological polar surface area (TPSA) is 98.7 Å². The lowest BCUT2D eigenvalue weighted by atomic mass is 10.4. The van der Waals surface area contributed by atoms with Gasteiger partial charge < -0.3 is 20.8 Å². The molecule has 70 valence electrons. The van der Waals surface area contributed by atoms with E-state index in [-0.39, 0.29) is 6.61 Å². The van der Waals surface area contributed by atoms with Crippen molar-refractivity contribution in [3.05, 3.63) is 0 Å². The Morgan fingerprint density at radius 2 is 1.92 bits per heavy atom. The van der Waals surface area contributed by atoms with Crippen LogP contribution in [-0.2, 0) is 4.79 Å². The molecule has 0 aromatic carbocycles. The van der Waals surface area contributed by atoms with Gasteiger partial charge in [-0.3, -0.25) is 4.79 Å². The number of urea groups is 1. The summed E-state index contributed by atoms with van der Waals surface area (Å²) in [5.41, 5.74) is 0. The summed E-state index contributed by atoms with van der Waals surface area (Å²) >= 11 is 0. The molecular weight excluding hydrogens is 164 g/mol. The Bertz CT molecular complexity index is 160. The van der Waals surface area contributed by atoms with Gasteiger partial charge in [0.05, 0.1) is 0 Å². The average Bonchev–Trinajstić information content (AvgIpc) is 2.01. The van der Waals surface area contributed by atoms with Crippen LogP contribution >= 0.6 is 0 Å². The van der Waals surface area contributed by atoms with Gasteiger partial charge in [0.25, 0.3) is 0 Å². The molecule has 6 heteroatoms. The van der Waals surface area contributed by atoms with E-state index in [1.54, 1.807) is 0 Å². The standard InChI is InChI=1S/C6H12N2O4/c9-3-1-2-7-6(12)8-4-5(10)11/h9H,1-4H2,(H,10,11)(H2,7,8,12). The van der Waals surface area contributed by atoms with Gasteiger partial charge in [0.2, 0.25) is 0 Å². The number of carbonyl (C=O) groups is 2. The molecule has 0 saturated carbocycles. The molecule has 0 aliphatic rings. The summed E-state index contributed by atoms with van der Waals surface area (Å²) in [5.74, 6) is -1.09. The van der Waals surface area contributed by atoms with E-state index in [0.717, 1.165) is 0 Å². The molecule has 0 aromatic heterocycles. The number of nitrogens with one attached hydrogen (secondary N) is 2. The SMILES string of the molecule is O=C(O)CNC(=O)NCCCO. The number of rotatable bonds is 5. The van der Waals surface area contributed by atoms with Crippen LogP contribution in [0.1, 0.15) is 6.42 Å². The van der Waals surface area contributed by atoms with Gasteiger partial charge >= 0.3 is 12.0 Å². The number of hydrogen-bond acceptors (Lipinski definition) is 3. The predicted molar refractivity (Wildman–Crippen MR) is 40.7 cm³/mol. The number of aliphatic hydroxyl groups excluding tert-OH is 1. The molecule has 0 bridgehead atoms. The molecule has 0 spiro atoms. The first-order valence-electron chi connectivity index (χ1n) is 3.51. The summed E-state index contributed by atoms with van der Waals surface area (Å²) in [4.78, 5) is 20.6. The largest absolute Gasteiger partial charge is 0.480 e. The Morgan fingerprint density at radius 1 is 1.25 bits per heavy atom. The van der Waals surface area contributed by atoms with E-state index in [4.69, 9.17) is 10.2 Å². The second kappa shape index (κ2) is 6.41. The highest BCUT2D eigenvalue weighted by Gasteiger charge is 2.00. The van der Waals surface area contributed by atoms with Crippen molar-refractivity contribution < 1.29 is 19.8 Å². The van der Waals surface area contributed by atoms with Crippen molar-refractivity contribution in [3.8, 4) is 0 Å².